The zero-order chi connectivity index (χ0) is 10.8. The predicted molar refractivity (Wildman–Crippen MR) is 58.3 cm³/mol. The first-order valence-electron chi connectivity index (χ1n) is 5.69. The van der Waals surface area contributed by atoms with Gasteiger partial charge in [0.05, 0.1) is 12.2 Å². The van der Waals surface area contributed by atoms with Gasteiger partial charge in [0.15, 0.2) is 0 Å². The molecule has 4 nitrogen and oxygen atoms in total. The van der Waals surface area contributed by atoms with Gasteiger partial charge in [-0.1, -0.05) is 6.92 Å². The maximum atomic E-state index is 9.87. The fourth-order valence-electron chi connectivity index (χ4n) is 1.52. The van der Waals surface area contributed by atoms with Crippen LogP contribution in [0.2, 0.25) is 0 Å². The minimum absolute atomic E-state index is 0.323. The van der Waals surface area contributed by atoms with Gasteiger partial charge in [0, 0.05) is 17.8 Å². The first-order valence-corrected chi connectivity index (χ1v) is 5.69. The first-order chi connectivity index (χ1) is 7.20. The van der Waals surface area contributed by atoms with Gasteiger partial charge in [-0.3, -0.25) is 10.00 Å². The lowest BCUT2D eigenvalue weighted by molar-refractivity contribution is 0.125. The summed E-state index contributed by atoms with van der Waals surface area (Å²) in [4.78, 5) is 0. The second kappa shape index (κ2) is 4.33. The smallest absolute Gasteiger partial charge is 0.134 e. The molecular formula is C11H19N3O. The Hall–Kier alpha value is -0.870. The van der Waals surface area contributed by atoms with Crippen molar-refractivity contribution in [2.24, 2.45) is 0 Å². The Balaban J connectivity index is 1.95. The van der Waals surface area contributed by atoms with E-state index in [1.165, 1.54) is 12.8 Å². The van der Waals surface area contributed by atoms with Crippen LogP contribution in [0.25, 0.3) is 0 Å². The third-order valence-corrected chi connectivity index (χ3v) is 2.91. The fraction of sp³-hybridized carbons (Fsp3) is 0.727. The zero-order valence-electron chi connectivity index (χ0n) is 9.35. The Labute approximate surface area is 90.3 Å². The predicted octanol–water partition coefficient (Wildman–Crippen LogP) is 1.60. The highest BCUT2D eigenvalue weighted by atomic mass is 16.3. The third kappa shape index (κ3) is 2.58. The van der Waals surface area contributed by atoms with E-state index in [9.17, 15) is 5.11 Å². The van der Waals surface area contributed by atoms with E-state index >= 15 is 0 Å². The van der Waals surface area contributed by atoms with Crippen molar-refractivity contribution in [1.82, 2.24) is 15.1 Å². The van der Waals surface area contributed by atoms with E-state index in [0.717, 1.165) is 12.0 Å². The van der Waals surface area contributed by atoms with Crippen molar-refractivity contribution >= 4 is 0 Å². The normalized spacial score (nSPS) is 20.2. The Kier molecular flexibility index (Phi) is 3.07. The summed E-state index contributed by atoms with van der Waals surface area (Å²) >= 11 is 0. The van der Waals surface area contributed by atoms with E-state index in [4.69, 9.17) is 0 Å². The molecule has 2 atom stereocenters. The van der Waals surface area contributed by atoms with E-state index in [0.29, 0.717) is 12.1 Å². The molecule has 0 aromatic carbocycles. The third-order valence-electron chi connectivity index (χ3n) is 2.91. The summed E-state index contributed by atoms with van der Waals surface area (Å²) in [6.07, 6.45) is 6.54. The summed E-state index contributed by atoms with van der Waals surface area (Å²) in [6, 6.07) is 0.902. The van der Waals surface area contributed by atoms with Gasteiger partial charge < -0.3 is 5.11 Å². The van der Waals surface area contributed by atoms with Crippen molar-refractivity contribution < 1.29 is 5.11 Å². The van der Waals surface area contributed by atoms with Gasteiger partial charge in [-0.25, -0.2) is 0 Å². The topological polar surface area (TPSA) is 50.1 Å². The molecule has 84 valence electrons. The maximum absolute atomic E-state index is 9.87. The molecule has 15 heavy (non-hydrogen) atoms. The Bertz CT molecular complexity index is 319. The van der Waals surface area contributed by atoms with Gasteiger partial charge >= 0.3 is 0 Å². The number of rotatable bonds is 5. The van der Waals surface area contributed by atoms with Gasteiger partial charge in [0.25, 0.3) is 0 Å². The van der Waals surface area contributed by atoms with E-state index in [1.807, 2.05) is 10.9 Å². The van der Waals surface area contributed by atoms with Gasteiger partial charge in [-0.15, -0.1) is 0 Å². The molecule has 0 radical (unpaired) electrons. The van der Waals surface area contributed by atoms with Crippen LogP contribution in [0.1, 0.15) is 50.9 Å². The van der Waals surface area contributed by atoms with Crippen molar-refractivity contribution in [3.63, 3.8) is 0 Å². The SMILES string of the molecule is CC[C@@H](C)NC(O)c1cnn(C2CC2)c1. The van der Waals surface area contributed by atoms with Crippen LogP contribution in [-0.4, -0.2) is 20.9 Å². The molecule has 2 N–H and O–H groups in total. The average Bonchev–Trinajstić information content (AvgIpc) is 2.96. The standard InChI is InChI=1S/C11H19N3O/c1-3-8(2)13-11(15)9-6-12-14(7-9)10-4-5-10/h6-8,10-11,13,15H,3-5H2,1-2H3/t8-,11?/m1/s1. The van der Waals surface area contributed by atoms with Crippen molar-refractivity contribution in [3.8, 4) is 0 Å². The molecule has 1 aliphatic carbocycles. The van der Waals surface area contributed by atoms with Crippen LogP contribution in [-0.2, 0) is 0 Å². The Morgan fingerprint density at radius 3 is 3.00 bits per heavy atom. The van der Waals surface area contributed by atoms with Gasteiger partial charge in [0.2, 0.25) is 0 Å². The lowest BCUT2D eigenvalue weighted by Gasteiger charge is -2.16. The molecule has 1 saturated carbocycles. The van der Waals surface area contributed by atoms with Gasteiger partial charge in [-0.2, -0.15) is 5.10 Å². The Morgan fingerprint density at radius 2 is 2.40 bits per heavy atom. The van der Waals surface area contributed by atoms with Gasteiger partial charge in [-0.05, 0) is 26.2 Å². The highest BCUT2D eigenvalue weighted by molar-refractivity contribution is 5.08. The largest absolute Gasteiger partial charge is 0.374 e. The average molecular weight is 209 g/mol. The number of hydrogen-bond acceptors (Lipinski definition) is 3. The molecule has 0 amide bonds. The van der Waals surface area contributed by atoms with E-state index in [1.54, 1.807) is 6.20 Å². The lowest BCUT2D eigenvalue weighted by atomic mass is 10.2. The minimum atomic E-state index is -0.590. The number of aliphatic hydroxyl groups excluding tert-OH is 1. The highest BCUT2D eigenvalue weighted by Crippen LogP contribution is 2.34. The molecule has 0 bridgehead atoms. The molecule has 1 aliphatic rings. The summed E-state index contributed by atoms with van der Waals surface area (Å²) in [7, 11) is 0. The monoisotopic (exact) mass is 209 g/mol. The van der Waals surface area contributed by atoms with Gasteiger partial charge in [0.1, 0.15) is 6.23 Å². The molecule has 0 saturated heterocycles. The van der Waals surface area contributed by atoms with E-state index in [2.05, 4.69) is 24.3 Å². The summed E-state index contributed by atoms with van der Waals surface area (Å²) in [6.45, 7) is 4.16. The molecule has 1 aromatic rings. The number of hydrogen-bond donors (Lipinski definition) is 2. The maximum Gasteiger partial charge on any atom is 0.134 e. The van der Waals surface area contributed by atoms with Crippen LogP contribution in [0.3, 0.4) is 0 Å². The molecule has 1 fully saturated rings. The van der Waals surface area contributed by atoms with Crippen molar-refractivity contribution in [3.05, 3.63) is 18.0 Å². The fourth-order valence-corrected chi connectivity index (χ4v) is 1.52. The summed E-state index contributed by atoms with van der Waals surface area (Å²) < 4.78 is 1.96. The summed E-state index contributed by atoms with van der Waals surface area (Å²) in [5.41, 5.74) is 0.863. The number of aliphatic hydroxyl groups is 1. The van der Waals surface area contributed by atoms with Crippen molar-refractivity contribution in [2.45, 2.75) is 51.4 Å². The van der Waals surface area contributed by atoms with Crippen LogP contribution in [0.4, 0.5) is 0 Å². The van der Waals surface area contributed by atoms with Crippen LogP contribution >= 0.6 is 0 Å². The number of aromatic nitrogens is 2. The molecule has 1 heterocycles. The molecule has 1 aromatic heterocycles. The van der Waals surface area contributed by atoms with Crippen LogP contribution < -0.4 is 5.32 Å². The number of nitrogens with one attached hydrogen (secondary N) is 1. The molecule has 0 spiro atoms. The van der Waals surface area contributed by atoms with Crippen LogP contribution in [0.5, 0.6) is 0 Å². The van der Waals surface area contributed by atoms with E-state index < -0.39 is 6.23 Å². The van der Waals surface area contributed by atoms with Crippen molar-refractivity contribution in [1.29, 1.82) is 0 Å². The summed E-state index contributed by atoms with van der Waals surface area (Å²) in [5, 5.41) is 17.2. The lowest BCUT2D eigenvalue weighted by Crippen LogP contribution is -2.29. The number of nitrogens with zero attached hydrogens (tertiary/aromatic N) is 2. The van der Waals surface area contributed by atoms with E-state index in [-0.39, 0.29) is 0 Å². The van der Waals surface area contributed by atoms with Crippen molar-refractivity contribution in [2.75, 3.05) is 0 Å². The second-order valence-corrected chi connectivity index (χ2v) is 4.36. The van der Waals surface area contributed by atoms with Crippen LogP contribution in [0, 0.1) is 0 Å². The first kappa shape index (κ1) is 10.6. The molecule has 0 aliphatic heterocycles. The molecular weight excluding hydrogens is 190 g/mol. The van der Waals surface area contributed by atoms with Crippen LogP contribution in [0.15, 0.2) is 12.4 Å². The molecule has 1 unspecified atom stereocenters. The molecule has 2 rings (SSSR count). The Morgan fingerprint density at radius 1 is 1.67 bits per heavy atom. The quantitative estimate of drug-likeness (QED) is 0.724. The highest BCUT2D eigenvalue weighted by Gasteiger charge is 2.25. The molecule has 4 heteroatoms. The minimum Gasteiger partial charge on any atom is -0.374 e. The summed E-state index contributed by atoms with van der Waals surface area (Å²) in [5.74, 6) is 0. The zero-order valence-corrected chi connectivity index (χ0v) is 9.35. The second-order valence-electron chi connectivity index (χ2n) is 4.36.